The Morgan fingerprint density at radius 2 is 1.92 bits per heavy atom. The van der Waals surface area contributed by atoms with Crippen LogP contribution in [0.4, 0.5) is 0 Å². The number of benzene rings is 1. The highest BCUT2D eigenvalue weighted by Gasteiger charge is 1.94. The molecule has 72 valence electrons. The maximum atomic E-state index is 8.63. The minimum Gasteiger partial charge on any atom is -0.396 e. The molecular formula is C10H15NOS. The van der Waals surface area contributed by atoms with Gasteiger partial charge in [0.2, 0.25) is 0 Å². The number of aliphatic hydroxyl groups is 1. The second-order valence-corrected chi connectivity index (χ2v) is 3.92. The lowest BCUT2D eigenvalue weighted by Gasteiger charge is -2.01. The molecule has 0 aliphatic rings. The number of hydrogen-bond donors (Lipinski definition) is 2. The zero-order chi connectivity index (χ0) is 9.52. The summed E-state index contributed by atoms with van der Waals surface area (Å²) in [6.45, 7) is 0.929. The van der Waals surface area contributed by atoms with E-state index in [4.69, 9.17) is 10.8 Å². The maximum absolute atomic E-state index is 8.63. The van der Waals surface area contributed by atoms with Gasteiger partial charge in [-0.05, 0) is 30.7 Å². The molecule has 3 heteroatoms. The van der Waals surface area contributed by atoms with Gasteiger partial charge < -0.3 is 10.8 Å². The Kier molecular flexibility index (Phi) is 4.90. The van der Waals surface area contributed by atoms with E-state index >= 15 is 0 Å². The van der Waals surface area contributed by atoms with Gasteiger partial charge in [-0.1, -0.05) is 12.1 Å². The average Bonchev–Trinajstić information content (AvgIpc) is 2.17. The molecule has 1 aromatic carbocycles. The summed E-state index contributed by atoms with van der Waals surface area (Å²) in [4.78, 5) is 1.20. The number of hydrogen-bond acceptors (Lipinski definition) is 3. The first-order chi connectivity index (χ1) is 6.36. The summed E-state index contributed by atoms with van der Waals surface area (Å²) in [5.41, 5.74) is 6.71. The largest absolute Gasteiger partial charge is 0.396 e. The molecule has 1 rings (SSSR count). The van der Waals surface area contributed by atoms with Gasteiger partial charge in [0.25, 0.3) is 0 Å². The van der Waals surface area contributed by atoms with Crippen molar-refractivity contribution in [1.82, 2.24) is 0 Å². The summed E-state index contributed by atoms with van der Waals surface area (Å²) in [5.74, 6) is 0.760. The predicted molar refractivity (Wildman–Crippen MR) is 57.0 cm³/mol. The number of nitrogens with two attached hydrogens (primary N) is 1. The zero-order valence-corrected chi connectivity index (χ0v) is 8.39. The van der Waals surface area contributed by atoms with Crippen molar-refractivity contribution in [3.63, 3.8) is 0 Å². The van der Waals surface area contributed by atoms with Crippen LogP contribution in [0.3, 0.4) is 0 Å². The van der Waals surface area contributed by atoms with Gasteiger partial charge in [-0.3, -0.25) is 0 Å². The highest BCUT2D eigenvalue weighted by molar-refractivity contribution is 7.99. The first kappa shape index (κ1) is 10.6. The SMILES string of the molecule is NCCc1ccc(SCCO)cc1. The first-order valence-electron chi connectivity index (χ1n) is 4.39. The van der Waals surface area contributed by atoms with Gasteiger partial charge in [0.1, 0.15) is 0 Å². The van der Waals surface area contributed by atoms with Gasteiger partial charge in [-0.2, -0.15) is 0 Å². The van der Waals surface area contributed by atoms with E-state index in [1.54, 1.807) is 11.8 Å². The zero-order valence-electron chi connectivity index (χ0n) is 7.57. The molecule has 0 aliphatic heterocycles. The Hall–Kier alpha value is -0.510. The molecule has 0 aromatic heterocycles. The molecule has 0 radical (unpaired) electrons. The van der Waals surface area contributed by atoms with E-state index in [1.165, 1.54) is 10.5 Å². The van der Waals surface area contributed by atoms with Crippen LogP contribution in [0.15, 0.2) is 29.2 Å². The third-order valence-electron chi connectivity index (χ3n) is 1.72. The van der Waals surface area contributed by atoms with E-state index in [0.29, 0.717) is 6.54 Å². The van der Waals surface area contributed by atoms with Gasteiger partial charge in [0, 0.05) is 10.6 Å². The molecule has 0 unspecified atom stereocenters. The number of thioether (sulfide) groups is 1. The summed E-state index contributed by atoms with van der Waals surface area (Å²) >= 11 is 1.67. The van der Waals surface area contributed by atoms with Gasteiger partial charge in [0.15, 0.2) is 0 Å². The van der Waals surface area contributed by atoms with Crippen molar-refractivity contribution < 1.29 is 5.11 Å². The standard InChI is InChI=1S/C10H15NOS/c11-6-5-9-1-3-10(4-2-9)13-8-7-12/h1-4,12H,5-8,11H2. The second kappa shape index (κ2) is 6.02. The topological polar surface area (TPSA) is 46.2 Å². The second-order valence-electron chi connectivity index (χ2n) is 2.75. The fraction of sp³-hybridized carbons (Fsp3) is 0.400. The Bertz CT molecular complexity index is 235. The summed E-state index contributed by atoms with van der Waals surface area (Å²) in [6.07, 6.45) is 0.935. The van der Waals surface area contributed by atoms with E-state index in [1.807, 2.05) is 0 Å². The van der Waals surface area contributed by atoms with Crippen LogP contribution in [0.5, 0.6) is 0 Å². The van der Waals surface area contributed by atoms with E-state index < -0.39 is 0 Å². The molecule has 0 saturated carbocycles. The van der Waals surface area contributed by atoms with Crippen LogP contribution in [0, 0.1) is 0 Å². The monoisotopic (exact) mass is 197 g/mol. The minimum atomic E-state index is 0.231. The van der Waals surface area contributed by atoms with Crippen molar-refractivity contribution in [1.29, 1.82) is 0 Å². The summed E-state index contributed by atoms with van der Waals surface area (Å²) < 4.78 is 0. The quantitative estimate of drug-likeness (QED) is 0.699. The third-order valence-corrected chi connectivity index (χ3v) is 2.71. The molecule has 0 bridgehead atoms. The molecule has 0 amide bonds. The van der Waals surface area contributed by atoms with Crippen LogP contribution >= 0.6 is 11.8 Å². The average molecular weight is 197 g/mol. The molecule has 0 heterocycles. The fourth-order valence-corrected chi connectivity index (χ4v) is 1.74. The Morgan fingerprint density at radius 1 is 1.23 bits per heavy atom. The van der Waals surface area contributed by atoms with Crippen LogP contribution in [0.1, 0.15) is 5.56 Å². The molecule has 3 N–H and O–H groups in total. The predicted octanol–water partition coefficient (Wildman–Crippen LogP) is 1.27. The molecule has 0 saturated heterocycles. The normalized spacial score (nSPS) is 10.3. The van der Waals surface area contributed by atoms with Gasteiger partial charge in [-0.25, -0.2) is 0 Å². The van der Waals surface area contributed by atoms with Crippen molar-refractivity contribution in [2.24, 2.45) is 5.73 Å². The van der Waals surface area contributed by atoms with Crippen molar-refractivity contribution in [3.05, 3.63) is 29.8 Å². The smallest absolute Gasteiger partial charge is 0.0525 e. The molecule has 0 atom stereocenters. The molecule has 2 nitrogen and oxygen atoms in total. The van der Waals surface area contributed by atoms with Crippen molar-refractivity contribution in [2.75, 3.05) is 18.9 Å². The lowest BCUT2D eigenvalue weighted by Crippen LogP contribution is -2.02. The highest BCUT2D eigenvalue weighted by Crippen LogP contribution is 2.17. The lowest BCUT2D eigenvalue weighted by atomic mass is 10.2. The fourth-order valence-electron chi connectivity index (χ4n) is 1.08. The summed E-state index contributed by atoms with van der Waals surface area (Å²) in [5, 5.41) is 8.63. The molecule has 0 aliphatic carbocycles. The van der Waals surface area contributed by atoms with Crippen LogP contribution in [-0.2, 0) is 6.42 Å². The Labute approximate surface area is 83.1 Å². The maximum Gasteiger partial charge on any atom is 0.0525 e. The van der Waals surface area contributed by atoms with E-state index in [9.17, 15) is 0 Å². The first-order valence-corrected chi connectivity index (χ1v) is 5.38. The van der Waals surface area contributed by atoms with Crippen LogP contribution < -0.4 is 5.73 Å². The lowest BCUT2D eigenvalue weighted by molar-refractivity contribution is 0.322. The van der Waals surface area contributed by atoms with E-state index in [0.717, 1.165) is 12.2 Å². The molecule has 13 heavy (non-hydrogen) atoms. The molecule has 1 aromatic rings. The molecular weight excluding hydrogens is 182 g/mol. The van der Waals surface area contributed by atoms with Crippen molar-refractivity contribution >= 4 is 11.8 Å². The van der Waals surface area contributed by atoms with Gasteiger partial charge in [-0.15, -0.1) is 11.8 Å². The van der Waals surface area contributed by atoms with E-state index in [-0.39, 0.29) is 6.61 Å². The van der Waals surface area contributed by atoms with Crippen molar-refractivity contribution in [2.45, 2.75) is 11.3 Å². The number of rotatable bonds is 5. The van der Waals surface area contributed by atoms with Crippen molar-refractivity contribution in [3.8, 4) is 0 Å². The Balaban J connectivity index is 2.48. The van der Waals surface area contributed by atoms with E-state index in [2.05, 4.69) is 24.3 Å². The van der Waals surface area contributed by atoms with Gasteiger partial charge >= 0.3 is 0 Å². The van der Waals surface area contributed by atoms with Crippen LogP contribution in [0.2, 0.25) is 0 Å². The summed E-state index contributed by atoms with van der Waals surface area (Å²) in [7, 11) is 0. The van der Waals surface area contributed by atoms with Crippen LogP contribution in [-0.4, -0.2) is 24.0 Å². The molecule has 0 fully saturated rings. The summed E-state index contributed by atoms with van der Waals surface area (Å²) in [6, 6.07) is 8.33. The third kappa shape index (κ3) is 3.81. The Morgan fingerprint density at radius 3 is 2.46 bits per heavy atom. The minimum absolute atomic E-state index is 0.231. The highest BCUT2D eigenvalue weighted by atomic mass is 32.2. The van der Waals surface area contributed by atoms with Gasteiger partial charge in [0.05, 0.1) is 6.61 Å². The van der Waals surface area contributed by atoms with Crippen LogP contribution in [0.25, 0.3) is 0 Å². The molecule has 0 spiro atoms. The number of aliphatic hydroxyl groups excluding tert-OH is 1.